The Morgan fingerprint density at radius 3 is 2.81 bits per heavy atom. The van der Waals surface area contributed by atoms with Gasteiger partial charge in [-0.2, -0.15) is 5.26 Å². The van der Waals surface area contributed by atoms with Crippen LogP contribution in [0.1, 0.15) is 18.1 Å². The number of nitrogen functional groups attached to an aromatic ring is 1. The van der Waals surface area contributed by atoms with Crippen LogP contribution in [-0.2, 0) is 0 Å². The van der Waals surface area contributed by atoms with Gasteiger partial charge in [0.15, 0.2) is 0 Å². The van der Waals surface area contributed by atoms with Gasteiger partial charge in [0.05, 0.1) is 10.3 Å². The number of hydrogen-bond donors (Lipinski definition) is 1. The lowest BCUT2D eigenvalue weighted by Gasteiger charge is -2.03. The van der Waals surface area contributed by atoms with Crippen LogP contribution in [-0.4, -0.2) is 0 Å². The van der Waals surface area contributed by atoms with Gasteiger partial charge in [0.1, 0.15) is 16.9 Å². The number of fused-ring (bicyclic) bond motifs is 1. The zero-order valence-electron chi connectivity index (χ0n) is 8.67. The van der Waals surface area contributed by atoms with Crippen molar-refractivity contribution in [3.05, 3.63) is 35.7 Å². The molecule has 1 aromatic carbocycles. The van der Waals surface area contributed by atoms with Crippen LogP contribution < -0.4 is 5.73 Å². The molecule has 0 bridgehead atoms. The summed E-state index contributed by atoms with van der Waals surface area (Å²) in [6.45, 7) is 5.64. The third kappa shape index (κ3) is 1.37. The summed E-state index contributed by atoms with van der Waals surface area (Å²) in [6.07, 6.45) is 0. The van der Waals surface area contributed by atoms with Crippen molar-refractivity contribution >= 4 is 32.0 Å². The number of anilines is 1. The van der Waals surface area contributed by atoms with Crippen molar-refractivity contribution in [3.8, 4) is 6.07 Å². The zero-order chi connectivity index (χ0) is 11.9. The molecule has 4 heteroatoms. The maximum Gasteiger partial charge on any atom is 0.141 e. The quantitative estimate of drug-likeness (QED) is 0.817. The number of halogens is 1. The highest BCUT2D eigenvalue weighted by Crippen LogP contribution is 2.38. The topological polar surface area (TPSA) is 49.8 Å². The van der Waals surface area contributed by atoms with E-state index in [-0.39, 0.29) is 5.82 Å². The highest BCUT2D eigenvalue weighted by molar-refractivity contribution is 7.23. The first-order valence-corrected chi connectivity index (χ1v) is 5.44. The van der Waals surface area contributed by atoms with E-state index in [0.29, 0.717) is 20.7 Å². The summed E-state index contributed by atoms with van der Waals surface area (Å²) < 4.78 is 14.0. The Bertz CT molecular complexity index is 634. The Hall–Kier alpha value is -1.86. The summed E-state index contributed by atoms with van der Waals surface area (Å²) in [5.74, 6) is -0.349. The molecular formula is C12H9FN2S. The van der Waals surface area contributed by atoms with E-state index >= 15 is 0 Å². The van der Waals surface area contributed by atoms with Crippen LogP contribution in [0.2, 0.25) is 0 Å². The van der Waals surface area contributed by atoms with Crippen molar-refractivity contribution in [1.29, 1.82) is 5.26 Å². The van der Waals surface area contributed by atoms with E-state index in [1.54, 1.807) is 6.07 Å². The van der Waals surface area contributed by atoms with E-state index in [4.69, 9.17) is 11.0 Å². The van der Waals surface area contributed by atoms with Gasteiger partial charge in [-0.25, -0.2) is 4.39 Å². The predicted octanol–water partition coefficient (Wildman–Crippen LogP) is 3.53. The number of thiophene rings is 1. The Labute approximate surface area is 96.4 Å². The van der Waals surface area contributed by atoms with E-state index in [1.807, 2.05) is 13.0 Å². The maximum absolute atomic E-state index is 13.6. The second-order valence-electron chi connectivity index (χ2n) is 3.53. The molecule has 0 unspecified atom stereocenters. The molecule has 16 heavy (non-hydrogen) atoms. The molecule has 2 aromatic rings. The molecule has 0 saturated heterocycles. The minimum absolute atomic E-state index is 0.345. The zero-order valence-corrected chi connectivity index (χ0v) is 9.49. The Morgan fingerprint density at radius 2 is 2.25 bits per heavy atom. The Morgan fingerprint density at radius 1 is 1.56 bits per heavy atom. The number of hydrogen-bond acceptors (Lipinski definition) is 3. The molecule has 0 fully saturated rings. The molecule has 2 rings (SSSR count). The predicted molar refractivity (Wildman–Crippen MR) is 65.6 cm³/mol. The summed E-state index contributed by atoms with van der Waals surface area (Å²) in [7, 11) is 0. The third-order valence-corrected chi connectivity index (χ3v) is 3.42. The average molecular weight is 232 g/mol. The minimum atomic E-state index is -0.349. The smallest absolute Gasteiger partial charge is 0.141 e. The molecule has 0 atom stereocenters. The molecule has 2 N–H and O–H groups in total. The molecule has 0 aliphatic heterocycles. The van der Waals surface area contributed by atoms with Gasteiger partial charge >= 0.3 is 0 Å². The standard InChI is InChI=1S/C12H9FN2S/c1-6(2)7-3-4-9(13)11-10(7)8(5-14)12(15)16-11/h3-4H,1,15H2,2H3. The number of nitrogens with two attached hydrogens (primary N) is 1. The van der Waals surface area contributed by atoms with Crippen LogP contribution in [0.15, 0.2) is 18.7 Å². The van der Waals surface area contributed by atoms with E-state index in [2.05, 4.69) is 6.58 Å². The molecule has 80 valence electrons. The van der Waals surface area contributed by atoms with Gasteiger partial charge in [-0.05, 0) is 18.6 Å². The molecule has 0 aliphatic carbocycles. The summed E-state index contributed by atoms with van der Waals surface area (Å²) in [5.41, 5.74) is 7.62. The van der Waals surface area contributed by atoms with Crippen molar-refractivity contribution in [3.63, 3.8) is 0 Å². The van der Waals surface area contributed by atoms with Crippen LogP contribution >= 0.6 is 11.3 Å². The summed E-state index contributed by atoms with van der Waals surface area (Å²) in [4.78, 5) is 0. The van der Waals surface area contributed by atoms with Gasteiger partial charge in [-0.3, -0.25) is 0 Å². The summed E-state index contributed by atoms with van der Waals surface area (Å²) in [5, 5.41) is 9.96. The molecule has 0 saturated carbocycles. The lowest BCUT2D eigenvalue weighted by molar-refractivity contribution is 0.641. The normalized spacial score (nSPS) is 10.3. The second-order valence-corrected chi connectivity index (χ2v) is 4.58. The average Bonchev–Trinajstić information content (AvgIpc) is 2.55. The van der Waals surface area contributed by atoms with Crippen LogP contribution in [0.25, 0.3) is 15.7 Å². The number of nitrogens with zero attached hydrogens (tertiary/aromatic N) is 1. The van der Waals surface area contributed by atoms with Crippen LogP contribution in [0.3, 0.4) is 0 Å². The van der Waals surface area contributed by atoms with Gasteiger partial charge in [0.2, 0.25) is 0 Å². The monoisotopic (exact) mass is 232 g/mol. The Balaban J connectivity index is 3.01. The fraction of sp³-hybridized carbons (Fsp3) is 0.0833. The highest BCUT2D eigenvalue weighted by atomic mass is 32.1. The number of nitriles is 1. The van der Waals surface area contributed by atoms with Gasteiger partial charge in [-0.1, -0.05) is 18.2 Å². The SMILES string of the molecule is C=C(C)c1ccc(F)c2sc(N)c(C#N)c12. The van der Waals surface area contributed by atoms with Crippen molar-refractivity contribution < 1.29 is 4.39 Å². The molecular weight excluding hydrogens is 223 g/mol. The first-order valence-electron chi connectivity index (χ1n) is 4.62. The van der Waals surface area contributed by atoms with Gasteiger partial charge < -0.3 is 5.73 Å². The third-order valence-electron chi connectivity index (χ3n) is 2.39. The van der Waals surface area contributed by atoms with Crippen molar-refractivity contribution in [2.24, 2.45) is 0 Å². The number of allylic oxidation sites excluding steroid dienone is 1. The number of benzene rings is 1. The van der Waals surface area contributed by atoms with Crippen molar-refractivity contribution in [2.75, 3.05) is 5.73 Å². The lowest BCUT2D eigenvalue weighted by Crippen LogP contribution is -1.87. The molecule has 2 nitrogen and oxygen atoms in total. The van der Waals surface area contributed by atoms with Gasteiger partial charge in [-0.15, -0.1) is 11.3 Å². The van der Waals surface area contributed by atoms with Gasteiger partial charge in [0, 0.05) is 5.39 Å². The molecule has 0 amide bonds. The fourth-order valence-electron chi connectivity index (χ4n) is 1.66. The fourth-order valence-corrected chi connectivity index (χ4v) is 2.61. The first kappa shape index (κ1) is 10.7. The van der Waals surface area contributed by atoms with Crippen molar-refractivity contribution in [1.82, 2.24) is 0 Å². The largest absolute Gasteiger partial charge is 0.389 e. The van der Waals surface area contributed by atoms with Gasteiger partial charge in [0.25, 0.3) is 0 Å². The molecule has 0 spiro atoms. The highest BCUT2D eigenvalue weighted by Gasteiger charge is 2.16. The molecule has 0 aliphatic rings. The van der Waals surface area contributed by atoms with Crippen LogP contribution in [0.5, 0.6) is 0 Å². The number of rotatable bonds is 1. The van der Waals surface area contributed by atoms with E-state index in [9.17, 15) is 4.39 Å². The summed E-state index contributed by atoms with van der Waals surface area (Å²) >= 11 is 1.10. The molecule has 1 aromatic heterocycles. The lowest BCUT2D eigenvalue weighted by atomic mass is 10.0. The van der Waals surface area contributed by atoms with E-state index in [1.165, 1.54) is 6.07 Å². The van der Waals surface area contributed by atoms with Crippen LogP contribution in [0, 0.1) is 17.1 Å². The summed E-state index contributed by atoms with van der Waals surface area (Å²) in [6, 6.07) is 5.03. The van der Waals surface area contributed by atoms with Crippen molar-refractivity contribution in [2.45, 2.75) is 6.92 Å². The van der Waals surface area contributed by atoms with Crippen LogP contribution in [0.4, 0.5) is 9.39 Å². The minimum Gasteiger partial charge on any atom is -0.389 e. The van der Waals surface area contributed by atoms with E-state index < -0.39 is 0 Å². The second kappa shape index (κ2) is 3.62. The Kier molecular flexibility index (Phi) is 2.41. The maximum atomic E-state index is 13.6. The van der Waals surface area contributed by atoms with E-state index in [0.717, 1.165) is 22.5 Å². The first-order chi connectivity index (χ1) is 7.56. The molecule has 1 heterocycles. The molecule has 0 radical (unpaired) electrons.